The van der Waals surface area contributed by atoms with E-state index in [1.54, 1.807) is 44.2 Å². The lowest BCUT2D eigenvalue weighted by Gasteiger charge is -2.38. The number of aryl methyl sites for hydroxylation is 1. The molecular formula is C19H21FN2O4S. The summed E-state index contributed by atoms with van der Waals surface area (Å²) in [5.74, 6) is -0.811. The lowest BCUT2D eigenvalue weighted by Crippen LogP contribution is -2.55. The molecule has 8 heteroatoms. The maximum atomic E-state index is 14.6. The summed E-state index contributed by atoms with van der Waals surface area (Å²) in [6.45, 7) is 4.18. The van der Waals surface area contributed by atoms with Gasteiger partial charge < -0.3 is 9.47 Å². The van der Waals surface area contributed by atoms with E-state index in [1.165, 1.54) is 10.0 Å². The summed E-state index contributed by atoms with van der Waals surface area (Å²) in [7, 11) is 0. The average Bonchev–Trinajstić information content (AvgIpc) is 3.05. The van der Waals surface area contributed by atoms with Crippen LogP contribution >= 0.6 is 11.3 Å². The number of alkyl halides is 1. The third-order valence-electron chi connectivity index (χ3n) is 4.09. The molecule has 1 aromatic carbocycles. The Morgan fingerprint density at radius 2 is 2.11 bits per heavy atom. The van der Waals surface area contributed by atoms with Gasteiger partial charge in [-0.05, 0) is 37.6 Å². The van der Waals surface area contributed by atoms with E-state index in [-0.39, 0.29) is 25.7 Å². The van der Waals surface area contributed by atoms with Gasteiger partial charge in [-0.2, -0.15) is 5.01 Å². The fourth-order valence-electron chi connectivity index (χ4n) is 2.81. The number of esters is 1. The van der Waals surface area contributed by atoms with Gasteiger partial charge in [0.2, 0.25) is 0 Å². The van der Waals surface area contributed by atoms with Crippen molar-refractivity contribution in [1.29, 1.82) is 0 Å². The summed E-state index contributed by atoms with van der Waals surface area (Å²) in [5, 5.41) is 3.12. The van der Waals surface area contributed by atoms with Crippen LogP contribution in [0, 0.1) is 6.92 Å². The number of hydrogen-bond acceptors (Lipinski definition) is 6. The molecule has 1 aromatic heterocycles. The molecule has 0 aliphatic carbocycles. The normalized spacial score (nSPS) is 17.5. The summed E-state index contributed by atoms with van der Waals surface area (Å²) in [5.41, 5.74) is 1.11. The van der Waals surface area contributed by atoms with E-state index in [0.717, 1.165) is 11.3 Å². The van der Waals surface area contributed by atoms with E-state index in [2.05, 4.69) is 0 Å². The molecule has 0 radical (unpaired) electrons. The van der Waals surface area contributed by atoms with Crippen LogP contribution in [0.25, 0.3) is 0 Å². The van der Waals surface area contributed by atoms with Gasteiger partial charge in [0.15, 0.2) is 6.30 Å². The number of hydrogen-bond donors (Lipinski definition) is 0. The minimum atomic E-state index is -1.46. The summed E-state index contributed by atoms with van der Waals surface area (Å²) in [4.78, 5) is 25.7. The summed E-state index contributed by atoms with van der Waals surface area (Å²) in [6.07, 6.45) is -1.46. The average molecular weight is 392 g/mol. The summed E-state index contributed by atoms with van der Waals surface area (Å²) >= 11 is 1.12. The Morgan fingerprint density at radius 1 is 1.37 bits per heavy atom. The Hall–Kier alpha value is -2.29. The molecular weight excluding hydrogens is 371 g/mol. The second-order valence-electron chi connectivity index (χ2n) is 5.97. The van der Waals surface area contributed by atoms with E-state index in [1.807, 2.05) is 6.07 Å². The van der Waals surface area contributed by atoms with E-state index in [9.17, 15) is 14.0 Å². The highest BCUT2D eigenvalue weighted by Gasteiger charge is 2.34. The molecule has 27 heavy (non-hydrogen) atoms. The van der Waals surface area contributed by atoms with Crippen LogP contribution in [0.3, 0.4) is 0 Å². The number of nitrogens with zero attached hydrogens (tertiary/aromatic N) is 2. The van der Waals surface area contributed by atoms with E-state index >= 15 is 0 Å². The van der Waals surface area contributed by atoms with Crippen molar-refractivity contribution in [1.82, 2.24) is 5.01 Å². The highest BCUT2D eigenvalue weighted by molar-refractivity contribution is 7.18. The minimum absolute atomic E-state index is 0.117. The van der Waals surface area contributed by atoms with Gasteiger partial charge >= 0.3 is 5.97 Å². The predicted octanol–water partition coefficient (Wildman–Crippen LogP) is 3.42. The molecule has 3 rings (SSSR count). The number of carbonyl (C=O) groups is 2. The Kier molecular flexibility index (Phi) is 6.20. The predicted molar refractivity (Wildman–Crippen MR) is 101 cm³/mol. The van der Waals surface area contributed by atoms with Gasteiger partial charge in [-0.25, -0.2) is 14.2 Å². The van der Waals surface area contributed by atoms with Crippen molar-refractivity contribution in [2.24, 2.45) is 0 Å². The van der Waals surface area contributed by atoms with Gasteiger partial charge in [-0.15, -0.1) is 11.3 Å². The van der Waals surface area contributed by atoms with Crippen molar-refractivity contribution in [2.45, 2.75) is 20.1 Å². The molecule has 2 heterocycles. The van der Waals surface area contributed by atoms with E-state index < -0.39 is 12.3 Å². The molecule has 0 N–H and O–H groups in total. The van der Waals surface area contributed by atoms with Crippen LogP contribution in [-0.4, -0.2) is 49.5 Å². The Labute approximate surface area is 161 Å². The van der Waals surface area contributed by atoms with Gasteiger partial charge in [0, 0.05) is 12.1 Å². The molecule has 6 nitrogen and oxygen atoms in total. The van der Waals surface area contributed by atoms with Crippen LogP contribution in [0.1, 0.15) is 32.5 Å². The van der Waals surface area contributed by atoms with Gasteiger partial charge in [-0.3, -0.25) is 4.79 Å². The molecule has 0 spiro atoms. The quantitative estimate of drug-likeness (QED) is 0.576. The Balaban J connectivity index is 2.01. The number of thiophene rings is 1. The van der Waals surface area contributed by atoms with Crippen LogP contribution in [0.5, 0.6) is 0 Å². The lowest BCUT2D eigenvalue weighted by atomic mass is 10.2. The number of hydrazine groups is 1. The molecule has 1 aliphatic heterocycles. The van der Waals surface area contributed by atoms with Gasteiger partial charge in [-0.1, -0.05) is 18.2 Å². The van der Waals surface area contributed by atoms with Crippen molar-refractivity contribution in [3.8, 4) is 0 Å². The largest absolute Gasteiger partial charge is 0.462 e. The summed E-state index contributed by atoms with van der Waals surface area (Å²) in [6, 6.07) is 10.4. The Bertz CT molecular complexity index is 811. The number of morpholine rings is 1. The molecule has 1 amide bonds. The molecule has 1 atom stereocenters. The second-order valence-corrected chi connectivity index (χ2v) is 7.00. The van der Waals surface area contributed by atoms with Crippen LogP contribution in [0.2, 0.25) is 0 Å². The zero-order valence-electron chi connectivity index (χ0n) is 15.2. The first-order chi connectivity index (χ1) is 13.0. The number of ether oxygens (including phenoxy) is 2. The number of halogens is 1. The van der Waals surface area contributed by atoms with E-state index in [0.29, 0.717) is 27.6 Å². The number of amides is 1. The molecule has 1 aliphatic rings. The minimum Gasteiger partial charge on any atom is -0.462 e. The molecule has 1 fully saturated rings. The Morgan fingerprint density at radius 3 is 2.78 bits per heavy atom. The van der Waals surface area contributed by atoms with Crippen molar-refractivity contribution in [3.05, 3.63) is 52.4 Å². The first-order valence-electron chi connectivity index (χ1n) is 8.68. The number of rotatable bonds is 5. The number of benzene rings is 1. The molecule has 1 unspecified atom stereocenters. The smallest absolute Gasteiger partial charge is 0.348 e. The van der Waals surface area contributed by atoms with E-state index in [4.69, 9.17) is 9.47 Å². The first kappa shape index (κ1) is 19.5. The third kappa shape index (κ3) is 4.18. The monoisotopic (exact) mass is 392 g/mol. The van der Waals surface area contributed by atoms with Crippen LogP contribution in [0.4, 0.5) is 9.39 Å². The highest BCUT2D eigenvalue weighted by atomic mass is 32.1. The van der Waals surface area contributed by atoms with Gasteiger partial charge in [0.25, 0.3) is 5.91 Å². The molecule has 0 saturated carbocycles. The third-order valence-corrected chi connectivity index (χ3v) is 5.28. The number of anilines is 1. The molecule has 1 saturated heterocycles. The zero-order valence-corrected chi connectivity index (χ0v) is 16.0. The SMILES string of the molecule is CCOC(=O)c1sc(N(C(=O)c2ccccc2)N2CCOCC2F)cc1C. The molecule has 2 aromatic rings. The van der Waals surface area contributed by atoms with Crippen molar-refractivity contribution in [2.75, 3.05) is 31.4 Å². The fourth-order valence-corrected chi connectivity index (χ4v) is 3.89. The van der Waals surface area contributed by atoms with Crippen molar-refractivity contribution >= 4 is 28.2 Å². The highest BCUT2D eigenvalue weighted by Crippen LogP contribution is 2.34. The lowest BCUT2D eigenvalue weighted by molar-refractivity contribution is -0.0647. The van der Waals surface area contributed by atoms with Gasteiger partial charge in [0.1, 0.15) is 9.88 Å². The van der Waals surface area contributed by atoms with Crippen LogP contribution in [-0.2, 0) is 9.47 Å². The molecule has 0 bridgehead atoms. The van der Waals surface area contributed by atoms with Crippen molar-refractivity contribution in [3.63, 3.8) is 0 Å². The van der Waals surface area contributed by atoms with Gasteiger partial charge in [0.05, 0.1) is 19.8 Å². The topological polar surface area (TPSA) is 59.1 Å². The second kappa shape index (κ2) is 8.60. The van der Waals surface area contributed by atoms with Crippen molar-refractivity contribution < 1.29 is 23.5 Å². The standard InChI is InChI=1S/C19H21FN2O4S/c1-3-26-19(24)17-13(2)11-16(27-17)22(21-9-10-25-12-15(21)20)18(23)14-7-5-4-6-8-14/h4-8,11,15H,3,9-10,12H2,1-2H3. The zero-order chi connectivity index (χ0) is 19.4. The number of carbonyl (C=O) groups excluding carboxylic acids is 2. The van der Waals surface area contributed by atoms with Crippen LogP contribution in [0.15, 0.2) is 36.4 Å². The summed E-state index contributed by atoms with van der Waals surface area (Å²) < 4.78 is 24.8. The van der Waals surface area contributed by atoms with Crippen LogP contribution < -0.4 is 5.01 Å². The maximum Gasteiger partial charge on any atom is 0.348 e. The molecule has 144 valence electrons. The fraction of sp³-hybridized carbons (Fsp3) is 0.368. The first-order valence-corrected chi connectivity index (χ1v) is 9.50. The maximum absolute atomic E-state index is 14.6.